The van der Waals surface area contributed by atoms with Gasteiger partial charge in [0, 0.05) is 16.7 Å². The number of aliphatic hydroxyl groups is 1. The van der Waals surface area contributed by atoms with E-state index in [9.17, 15) is 9.90 Å². The number of aliphatic hydroxyl groups excluding tert-OH is 1. The van der Waals surface area contributed by atoms with Gasteiger partial charge in [0.25, 0.3) is 5.91 Å². The number of benzene rings is 1. The van der Waals surface area contributed by atoms with Crippen LogP contribution in [0.25, 0.3) is 0 Å². The zero-order valence-corrected chi connectivity index (χ0v) is 17.7. The van der Waals surface area contributed by atoms with Crippen molar-refractivity contribution in [2.24, 2.45) is 28.6 Å². The number of carbonyl (C=O) groups excluding carboxylic acids is 1. The number of anilines is 1. The van der Waals surface area contributed by atoms with E-state index in [0.29, 0.717) is 17.8 Å². The number of nitrogens with one attached hydrogen (secondary N) is 1. The summed E-state index contributed by atoms with van der Waals surface area (Å²) in [6.45, 7) is 4.79. The maximum atomic E-state index is 13.1. The summed E-state index contributed by atoms with van der Waals surface area (Å²) in [6, 6.07) is 9.80. The van der Waals surface area contributed by atoms with E-state index in [4.69, 9.17) is 0 Å². The normalized spacial score (nSPS) is 40.8. The fourth-order valence-corrected chi connectivity index (χ4v) is 7.28. The predicted octanol–water partition coefficient (Wildman–Crippen LogP) is 5.49. The molecule has 0 radical (unpaired) electrons. The van der Waals surface area contributed by atoms with Crippen molar-refractivity contribution < 1.29 is 9.90 Å². The van der Waals surface area contributed by atoms with Gasteiger partial charge in [-0.15, -0.1) is 0 Å². The Kier molecular flexibility index (Phi) is 4.51. The minimum absolute atomic E-state index is 0.0179. The molecule has 0 aromatic heterocycles. The van der Waals surface area contributed by atoms with Crippen molar-refractivity contribution in [3.63, 3.8) is 0 Å². The molecule has 154 valence electrons. The molecule has 0 unspecified atom stereocenters. The van der Waals surface area contributed by atoms with E-state index in [-0.39, 0.29) is 22.8 Å². The molecule has 29 heavy (non-hydrogen) atoms. The molecule has 0 bridgehead atoms. The molecule has 3 nitrogen and oxygen atoms in total. The first-order valence-electron chi connectivity index (χ1n) is 11.4. The van der Waals surface area contributed by atoms with Crippen LogP contribution in [0.1, 0.15) is 58.8 Å². The summed E-state index contributed by atoms with van der Waals surface area (Å²) in [5, 5.41) is 13.3. The highest BCUT2D eigenvalue weighted by Crippen LogP contribution is 2.64. The van der Waals surface area contributed by atoms with Gasteiger partial charge in [-0.3, -0.25) is 4.79 Å². The molecule has 4 aliphatic carbocycles. The monoisotopic (exact) mass is 391 g/mol. The van der Waals surface area contributed by atoms with Crippen LogP contribution in [0.2, 0.25) is 0 Å². The van der Waals surface area contributed by atoms with Crippen LogP contribution < -0.4 is 5.32 Å². The quantitative estimate of drug-likeness (QED) is 0.655. The predicted molar refractivity (Wildman–Crippen MR) is 116 cm³/mol. The van der Waals surface area contributed by atoms with E-state index >= 15 is 0 Å². The van der Waals surface area contributed by atoms with Crippen molar-refractivity contribution >= 4 is 11.6 Å². The minimum atomic E-state index is -0.152. The van der Waals surface area contributed by atoms with Gasteiger partial charge < -0.3 is 10.4 Å². The SMILES string of the molecule is C[C@]12CC[C@H](O)CC1=CC[C@@H]1[C@@H]2CC[C@@]2(C)C(C(=O)Nc3ccccc3)=CC[C@@H]12. The molecule has 0 aliphatic heterocycles. The molecule has 4 aliphatic rings. The summed E-state index contributed by atoms with van der Waals surface area (Å²) in [4.78, 5) is 13.1. The van der Waals surface area contributed by atoms with Crippen molar-refractivity contribution in [2.45, 2.75) is 64.9 Å². The van der Waals surface area contributed by atoms with Crippen molar-refractivity contribution in [2.75, 3.05) is 5.32 Å². The van der Waals surface area contributed by atoms with Gasteiger partial charge in [0.2, 0.25) is 0 Å². The highest BCUT2D eigenvalue weighted by Gasteiger charge is 2.57. The first-order chi connectivity index (χ1) is 13.9. The number of rotatable bonds is 2. The molecule has 0 spiro atoms. The van der Waals surface area contributed by atoms with E-state index in [2.05, 4.69) is 31.3 Å². The second-order valence-corrected chi connectivity index (χ2v) is 10.3. The van der Waals surface area contributed by atoms with E-state index < -0.39 is 0 Å². The molecule has 0 heterocycles. The fraction of sp³-hybridized carbons (Fsp3) is 0.577. The van der Waals surface area contributed by atoms with E-state index in [1.165, 1.54) is 12.0 Å². The average molecular weight is 392 g/mol. The summed E-state index contributed by atoms with van der Waals surface area (Å²) in [5.41, 5.74) is 3.62. The van der Waals surface area contributed by atoms with Gasteiger partial charge in [-0.05, 0) is 80.2 Å². The smallest absolute Gasteiger partial charge is 0.251 e. The van der Waals surface area contributed by atoms with Crippen molar-refractivity contribution in [3.05, 3.63) is 53.6 Å². The van der Waals surface area contributed by atoms with Crippen LogP contribution in [0, 0.1) is 28.6 Å². The molecule has 5 rings (SSSR count). The number of hydrogen-bond donors (Lipinski definition) is 2. The molecular formula is C26H33NO2. The van der Waals surface area contributed by atoms with Gasteiger partial charge in [-0.25, -0.2) is 0 Å². The number of amides is 1. The summed E-state index contributed by atoms with van der Waals surface area (Å²) < 4.78 is 0. The first-order valence-corrected chi connectivity index (χ1v) is 11.4. The molecule has 0 saturated heterocycles. The second kappa shape index (κ2) is 6.84. The third-order valence-electron chi connectivity index (χ3n) is 8.93. The van der Waals surface area contributed by atoms with Crippen LogP contribution in [0.3, 0.4) is 0 Å². The Balaban J connectivity index is 1.38. The largest absolute Gasteiger partial charge is 0.393 e. The van der Waals surface area contributed by atoms with Crippen molar-refractivity contribution in [1.29, 1.82) is 0 Å². The standard InChI is InChI=1S/C26H33NO2/c1-25-14-12-19(28)16-17(25)8-9-20-21-10-11-23(26(21,2)15-13-22(20)25)24(29)27-18-6-4-3-5-7-18/h3-8,11,19-22,28H,9-10,12-16H2,1-2H3,(H,27,29)/t19-,20-,21-,22-,25-,26+/m0/s1. The number of hydrogen-bond acceptors (Lipinski definition) is 2. The number of para-hydroxylation sites is 1. The molecule has 1 amide bonds. The molecule has 2 N–H and O–H groups in total. The van der Waals surface area contributed by atoms with Crippen LogP contribution in [-0.2, 0) is 4.79 Å². The lowest BCUT2D eigenvalue weighted by Crippen LogP contribution is -2.50. The first kappa shape index (κ1) is 19.1. The summed E-state index contributed by atoms with van der Waals surface area (Å²) in [6.07, 6.45) is 11.9. The third-order valence-corrected chi connectivity index (χ3v) is 8.93. The van der Waals surface area contributed by atoms with Crippen LogP contribution >= 0.6 is 0 Å². The molecule has 1 aromatic carbocycles. The lowest BCUT2D eigenvalue weighted by molar-refractivity contribution is -0.115. The van der Waals surface area contributed by atoms with Gasteiger partial charge in [-0.2, -0.15) is 0 Å². The third kappa shape index (κ3) is 2.92. The van der Waals surface area contributed by atoms with Gasteiger partial charge >= 0.3 is 0 Å². The Morgan fingerprint density at radius 2 is 1.76 bits per heavy atom. The Morgan fingerprint density at radius 3 is 2.55 bits per heavy atom. The molecule has 6 atom stereocenters. The highest BCUT2D eigenvalue weighted by atomic mass is 16.3. The summed E-state index contributed by atoms with van der Waals surface area (Å²) in [7, 11) is 0. The minimum Gasteiger partial charge on any atom is -0.393 e. The maximum absolute atomic E-state index is 13.1. The zero-order chi connectivity index (χ0) is 20.2. The van der Waals surface area contributed by atoms with Gasteiger partial charge in [-0.1, -0.05) is 49.8 Å². The highest BCUT2D eigenvalue weighted by molar-refractivity contribution is 6.05. The Hall–Kier alpha value is -1.87. The van der Waals surface area contributed by atoms with Gasteiger partial charge in [0.1, 0.15) is 0 Å². The molecule has 2 fully saturated rings. The van der Waals surface area contributed by atoms with E-state index in [1.54, 1.807) is 0 Å². The molecule has 1 aromatic rings. The van der Waals surface area contributed by atoms with Gasteiger partial charge in [0.15, 0.2) is 0 Å². The zero-order valence-electron chi connectivity index (χ0n) is 17.7. The average Bonchev–Trinajstić information content (AvgIpc) is 3.06. The Labute approximate surface area is 174 Å². The summed E-state index contributed by atoms with van der Waals surface area (Å²) >= 11 is 0. The van der Waals surface area contributed by atoms with Crippen LogP contribution in [0.4, 0.5) is 5.69 Å². The maximum Gasteiger partial charge on any atom is 0.251 e. The lowest BCUT2D eigenvalue weighted by atomic mass is 9.47. The van der Waals surface area contributed by atoms with E-state index in [1.807, 2.05) is 30.3 Å². The number of fused-ring (bicyclic) bond motifs is 5. The summed E-state index contributed by atoms with van der Waals surface area (Å²) in [5.74, 6) is 1.98. The van der Waals surface area contributed by atoms with E-state index in [0.717, 1.165) is 49.8 Å². The topological polar surface area (TPSA) is 49.3 Å². The van der Waals surface area contributed by atoms with Crippen LogP contribution in [0.5, 0.6) is 0 Å². The number of carbonyl (C=O) groups is 1. The van der Waals surface area contributed by atoms with Gasteiger partial charge in [0.05, 0.1) is 6.10 Å². The van der Waals surface area contributed by atoms with Crippen molar-refractivity contribution in [1.82, 2.24) is 0 Å². The fourth-order valence-electron chi connectivity index (χ4n) is 7.28. The molecule has 3 heteroatoms. The second-order valence-electron chi connectivity index (χ2n) is 10.3. The van der Waals surface area contributed by atoms with Crippen molar-refractivity contribution in [3.8, 4) is 0 Å². The lowest BCUT2D eigenvalue weighted by Gasteiger charge is -2.57. The Morgan fingerprint density at radius 1 is 1.00 bits per heavy atom. The molecule has 2 saturated carbocycles. The molecular weight excluding hydrogens is 358 g/mol. The van der Waals surface area contributed by atoms with Crippen LogP contribution in [-0.4, -0.2) is 17.1 Å². The Bertz CT molecular complexity index is 872. The van der Waals surface area contributed by atoms with Crippen LogP contribution in [0.15, 0.2) is 53.6 Å². The number of allylic oxidation sites excluding steroid dienone is 2.